The number of H-pyrrole nitrogens is 1. The first-order chi connectivity index (χ1) is 13.1. The van der Waals surface area contributed by atoms with Gasteiger partial charge in [-0.05, 0) is 35.9 Å². The van der Waals surface area contributed by atoms with Gasteiger partial charge in [0.25, 0.3) is 0 Å². The summed E-state index contributed by atoms with van der Waals surface area (Å²) in [6, 6.07) is 17.7. The van der Waals surface area contributed by atoms with Crippen LogP contribution in [0.3, 0.4) is 0 Å². The van der Waals surface area contributed by atoms with Gasteiger partial charge in [-0.1, -0.05) is 60.3 Å². The molecule has 6 nitrogen and oxygen atoms in total. The SMILES string of the molecule is CC(C)n1nnnc1SC(C(=O)c1c[nH]c2ccccc12)c1ccccc1. The highest BCUT2D eigenvalue weighted by Crippen LogP contribution is 2.38. The van der Waals surface area contributed by atoms with Gasteiger partial charge in [-0.2, -0.15) is 0 Å². The number of carbonyl (C=O) groups excluding carboxylic acids is 1. The van der Waals surface area contributed by atoms with Crippen LogP contribution in [0.2, 0.25) is 0 Å². The van der Waals surface area contributed by atoms with Gasteiger partial charge in [0.1, 0.15) is 5.25 Å². The Kier molecular flexibility index (Phi) is 4.77. The lowest BCUT2D eigenvalue weighted by atomic mass is 10.0. The lowest BCUT2D eigenvalue weighted by Gasteiger charge is -2.16. The van der Waals surface area contributed by atoms with Crippen molar-refractivity contribution < 1.29 is 4.79 Å². The van der Waals surface area contributed by atoms with E-state index in [2.05, 4.69) is 20.5 Å². The molecule has 0 fully saturated rings. The summed E-state index contributed by atoms with van der Waals surface area (Å²) in [5.74, 6) is 0.0296. The lowest BCUT2D eigenvalue weighted by molar-refractivity contribution is 0.0991. The maximum atomic E-state index is 13.5. The Bertz CT molecular complexity index is 1070. The van der Waals surface area contributed by atoms with Gasteiger partial charge in [-0.15, -0.1) is 5.10 Å². The molecule has 0 saturated carbocycles. The summed E-state index contributed by atoms with van der Waals surface area (Å²) in [5.41, 5.74) is 2.55. The Morgan fingerprint density at radius 1 is 1.07 bits per heavy atom. The van der Waals surface area contributed by atoms with E-state index < -0.39 is 5.25 Å². The summed E-state index contributed by atoms with van der Waals surface area (Å²) in [5, 5.41) is 13.1. The molecule has 0 bridgehead atoms. The summed E-state index contributed by atoms with van der Waals surface area (Å²) < 4.78 is 1.74. The number of hydrogen-bond acceptors (Lipinski definition) is 5. The van der Waals surface area contributed by atoms with Gasteiger partial charge < -0.3 is 4.98 Å². The zero-order valence-corrected chi connectivity index (χ0v) is 15.9. The molecule has 0 amide bonds. The fraction of sp³-hybridized carbons (Fsp3) is 0.200. The average Bonchev–Trinajstić information content (AvgIpc) is 3.33. The predicted octanol–water partition coefficient (Wildman–Crippen LogP) is 4.45. The maximum absolute atomic E-state index is 13.5. The third-order valence-corrected chi connectivity index (χ3v) is 5.57. The van der Waals surface area contributed by atoms with Crippen molar-refractivity contribution in [3.05, 3.63) is 71.9 Å². The molecule has 0 aliphatic rings. The molecule has 2 aromatic heterocycles. The van der Waals surface area contributed by atoms with Crippen molar-refractivity contribution >= 4 is 28.4 Å². The molecule has 2 aromatic carbocycles. The van der Waals surface area contributed by atoms with E-state index in [1.807, 2.05) is 68.4 Å². The van der Waals surface area contributed by atoms with Crippen molar-refractivity contribution in [3.63, 3.8) is 0 Å². The molecule has 4 rings (SSSR count). The Labute approximate surface area is 161 Å². The molecule has 1 unspecified atom stereocenters. The fourth-order valence-corrected chi connectivity index (χ4v) is 4.19. The van der Waals surface area contributed by atoms with Gasteiger partial charge >= 0.3 is 0 Å². The van der Waals surface area contributed by atoms with E-state index in [9.17, 15) is 4.79 Å². The van der Waals surface area contributed by atoms with Crippen LogP contribution in [0.5, 0.6) is 0 Å². The molecule has 27 heavy (non-hydrogen) atoms. The van der Waals surface area contributed by atoms with Crippen LogP contribution in [0, 0.1) is 0 Å². The minimum Gasteiger partial charge on any atom is -0.360 e. The largest absolute Gasteiger partial charge is 0.360 e. The van der Waals surface area contributed by atoms with Gasteiger partial charge in [0.05, 0.1) is 6.04 Å². The fourth-order valence-electron chi connectivity index (χ4n) is 3.01. The number of Topliss-reactive ketones (excluding diaryl/α,β-unsaturated/α-hetero) is 1. The van der Waals surface area contributed by atoms with E-state index in [1.165, 1.54) is 11.8 Å². The molecule has 0 aliphatic carbocycles. The smallest absolute Gasteiger partial charge is 0.210 e. The van der Waals surface area contributed by atoms with Crippen molar-refractivity contribution in [2.45, 2.75) is 30.3 Å². The third-order valence-electron chi connectivity index (χ3n) is 4.37. The van der Waals surface area contributed by atoms with Crippen molar-refractivity contribution in [1.29, 1.82) is 0 Å². The Morgan fingerprint density at radius 2 is 1.81 bits per heavy atom. The van der Waals surface area contributed by atoms with E-state index in [0.29, 0.717) is 10.7 Å². The molecule has 136 valence electrons. The molecule has 4 aromatic rings. The Balaban J connectivity index is 1.76. The molecule has 1 atom stereocenters. The third kappa shape index (κ3) is 3.38. The van der Waals surface area contributed by atoms with Crippen LogP contribution in [-0.2, 0) is 0 Å². The minimum atomic E-state index is -0.436. The number of aromatic amines is 1. The quantitative estimate of drug-likeness (QED) is 0.397. The van der Waals surface area contributed by atoms with Crippen LogP contribution in [0.25, 0.3) is 10.9 Å². The molecule has 0 radical (unpaired) electrons. The number of para-hydroxylation sites is 1. The molecule has 1 N–H and O–H groups in total. The van der Waals surface area contributed by atoms with Gasteiger partial charge in [0, 0.05) is 22.7 Å². The van der Waals surface area contributed by atoms with Crippen LogP contribution in [0.1, 0.15) is 41.1 Å². The standard InChI is InChI=1S/C20H19N5OS/c1-13(2)25-20(22-23-24-25)27-19(14-8-4-3-5-9-14)18(26)16-12-21-17-11-7-6-10-15(16)17/h3-13,19,21H,1-2H3. The number of fused-ring (bicyclic) bond motifs is 1. The summed E-state index contributed by atoms with van der Waals surface area (Å²) in [7, 11) is 0. The van der Waals surface area contributed by atoms with Crippen molar-refractivity contribution in [1.82, 2.24) is 25.2 Å². The van der Waals surface area contributed by atoms with Crippen LogP contribution < -0.4 is 0 Å². The van der Waals surface area contributed by atoms with E-state index in [4.69, 9.17) is 0 Å². The monoisotopic (exact) mass is 377 g/mol. The summed E-state index contributed by atoms with van der Waals surface area (Å²) in [6.45, 7) is 4.03. The number of rotatable bonds is 6. The minimum absolute atomic E-state index is 0.0296. The summed E-state index contributed by atoms with van der Waals surface area (Å²) >= 11 is 1.38. The number of aromatic nitrogens is 5. The first-order valence-corrected chi connectivity index (χ1v) is 9.63. The zero-order valence-electron chi connectivity index (χ0n) is 15.0. The van der Waals surface area contributed by atoms with Gasteiger partial charge in [-0.3, -0.25) is 4.79 Å². The highest BCUT2D eigenvalue weighted by atomic mass is 32.2. The zero-order chi connectivity index (χ0) is 18.8. The van der Waals surface area contributed by atoms with E-state index in [0.717, 1.165) is 16.5 Å². The number of nitrogens with one attached hydrogen (secondary N) is 1. The summed E-state index contributed by atoms with van der Waals surface area (Å²) in [6.07, 6.45) is 1.79. The Morgan fingerprint density at radius 3 is 2.59 bits per heavy atom. The molecule has 0 saturated heterocycles. The highest BCUT2D eigenvalue weighted by Gasteiger charge is 2.28. The summed E-state index contributed by atoms with van der Waals surface area (Å²) in [4.78, 5) is 16.7. The first kappa shape index (κ1) is 17.5. The van der Waals surface area contributed by atoms with Crippen LogP contribution in [0.4, 0.5) is 0 Å². The molecular weight excluding hydrogens is 358 g/mol. The lowest BCUT2D eigenvalue weighted by Crippen LogP contribution is -2.12. The van der Waals surface area contributed by atoms with E-state index in [1.54, 1.807) is 10.9 Å². The van der Waals surface area contributed by atoms with Crippen molar-refractivity contribution in [3.8, 4) is 0 Å². The normalized spacial score (nSPS) is 12.6. The topological polar surface area (TPSA) is 76.5 Å². The van der Waals surface area contributed by atoms with Gasteiger partial charge in [0.15, 0.2) is 5.78 Å². The second-order valence-corrected chi connectivity index (χ2v) is 7.59. The number of benzene rings is 2. The Hall–Kier alpha value is -2.93. The second kappa shape index (κ2) is 7.36. The molecule has 0 aliphatic heterocycles. The molecular formula is C20H19N5OS. The maximum Gasteiger partial charge on any atom is 0.210 e. The van der Waals surface area contributed by atoms with Crippen LogP contribution in [-0.4, -0.2) is 31.0 Å². The number of ketones is 1. The van der Waals surface area contributed by atoms with Crippen molar-refractivity contribution in [2.75, 3.05) is 0 Å². The average molecular weight is 377 g/mol. The number of hydrogen-bond donors (Lipinski definition) is 1. The molecule has 0 spiro atoms. The number of carbonyl (C=O) groups is 1. The van der Waals surface area contributed by atoms with Crippen LogP contribution >= 0.6 is 11.8 Å². The predicted molar refractivity (Wildman–Crippen MR) is 106 cm³/mol. The van der Waals surface area contributed by atoms with Crippen LogP contribution in [0.15, 0.2) is 66.0 Å². The van der Waals surface area contributed by atoms with E-state index >= 15 is 0 Å². The van der Waals surface area contributed by atoms with Gasteiger partial charge in [-0.25, -0.2) is 4.68 Å². The second-order valence-electron chi connectivity index (χ2n) is 6.52. The highest BCUT2D eigenvalue weighted by molar-refractivity contribution is 8.00. The first-order valence-electron chi connectivity index (χ1n) is 8.75. The number of thioether (sulfide) groups is 1. The van der Waals surface area contributed by atoms with Crippen molar-refractivity contribution in [2.24, 2.45) is 0 Å². The molecule has 7 heteroatoms. The number of nitrogens with zero attached hydrogens (tertiary/aromatic N) is 4. The number of tetrazole rings is 1. The van der Waals surface area contributed by atoms with E-state index in [-0.39, 0.29) is 11.8 Å². The molecule has 2 heterocycles. The van der Waals surface area contributed by atoms with Gasteiger partial charge in [0.2, 0.25) is 5.16 Å².